The molecule has 2 N–H and O–H groups in total. The van der Waals surface area contributed by atoms with Crippen molar-refractivity contribution < 1.29 is 4.92 Å². The Morgan fingerprint density at radius 1 is 1.14 bits per heavy atom. The van der Waals surface area contributed by atoms with E-state index in [1.807, 2.05) is 35.7 Å². The highest BCUT2D eigenvalue weighted by molar-refractivity contribution is 7.11. The van der Waals surface area contributed by atoms with E-state index in [1.54, 1.807) is 29.8 Å². The summed E-state index contributed by atoms with van der Waals surface area (Å²) in [4.78, 5) is 17.1. The third kappa shape index (κ3) is 2.89. The van der Waals surface area contributed by atoms with Crippen molar-refractivity contribution in [3.63, 3.8) is 0 Å². The number of fused-ring (bicyclic) bond motifs is 3. The number of halogens is 1. The quantitative estimate of drug-likeness (QED) is 0.339. The summed E-state index contributed by atoms with van der Waals surface area (Å²) in [6.45, 7) is 0. The molecule has 29 heavy (non-hydrogen) atoms. The summed E-state index contributed by atoms with van der Waals surface area (Å²) in [6, 6.07) is 12.8. The molecule has 3 heterocycles. The van der Waals surface area contributed by atoms with Gasteiger partial charge in [0.15, 0.2) is 0 Å². The highest BCUT2D eigenvalue weighted by atomic mass is 35.5. The smallest absolute Gasteiger partial charge is 0.295 e. The number of nitro benzene ring substituents is 1. The molecular formula is C20H12ClN5O2S. The summed E-state index contributed by atoms with van der Waals surface area (Å²) in [7, 11) is 0. The summed E-state index contributed by atoms with van der Waals surface area (Å²) in [5.74, 6) is 0. The number of benzene rings is 2. The van der Waals surface area contributed by atoms with E-state index in [-0.39, 0.29) is 5.69 Å². The number of aliphatic imine (C=N–C) groups is 1. The molecule has 0 fully saturated rings. The van der Waals surface area contributed by atoms with Crippen molar-refractivity contribution in [1.29, 1.82) is 0 Å². The Labute approximate surface area is 173 Å². The summed E-state index contributed by atoms with van der Waals surface area (Å²) >= 11 is 8.04. The number of nitrogens with one attached hydrogen (secondary N) is 2. The summed E-state index contributed by atoms with van der Waals surface area (Å²) in [5, 5.41) is 24.8. The number of non-ortho nitro benzene ring substituents is 1. The normalized spacial score (nSPS) is 13.3. The molecule has 142 valence electrons. The van der Waals surface area contributed by atoms with Gasteiger partial charge in [-0.3, -0.25) is 15.2 Å². The third-order valence-electron chi connectivity index (χ3n) is 4.66. The highest BCUT2D eigenvalue weighted by Gasteiger charge is 2.26. The molecule has 2 aromatic carbocycles. The van der Waals surface area contributed by atoms with Gasteiger partial charge in [-0.2, -0.15) is 5.10 Å². The number of aromatic nitrogens is 2. The van der Waals surface area contributed by atoms with Gasteiger partial charge in [0.25, 0.3) is 5.69 Å². The first kappa shape index (κ1) is 17.6. The van der Waals surface area contributed by atoms with E-state index in [2.05, 4.69) is 15.5 Å². The Balaban J connectivity index is 1.85. The van der Waals surface area contributed by atoms with Gasteiger partial charge in [0.2, 0.25) is 0 Å². The molecule has 0 atom stereocenters. The topological polar surface area (TPSA) is 96.2 Å². The molecule has 1 aliphatic rings. The molecule has 2 aromatic heterocycles. The number of hydrogen-bond acceptors (Lipinski definition) is 6. The lowest BCUT2D eigenvalue weighted by Crippen LogP contribution is -2.07. The number of aromatic amines is 1. The first-order valence-electron chi connectivity index (χ1n) is 8.62. The molecule has 4 aromatic rings. The first-order chi connectivity index (χ1) is 14.1. The zero-order valence-electron chi connectivity index (χ0n) is 14.7. The standard InChI is InChI=1S/C20H12ClN5O2S/c21-14-5-2-1-4-11(14)19-12-8-16(26(27)28)20-13(9-23-25-20)18(12)22-10-15(24-19)17-6-3-7-29-17/h1-10,22H,(H,23,25). The molecular weight excluding hydrogens is 410 g/mol. The van der Waals surface area contributed by atoms with Crippen LogP contribution in [0.25, 0.3) is 16.6 Å². The van der Waals surface area contributed by atoms with E-state index < -0.39 is 4.92 Å². The molecule has 0 unspecified atom stereocenters. The van der Waals surface area contributed by atoms with Gasteiger partial charge in [-0.1, -0.05) is 35.9 Å². The van der Waals surface area contributed by atoms with Gasteiger partial charge < -0.3 is 5.32 Å². The third-order valence-corrected chi connectivity index (χ3v) is 5.88. The van der Waals surface area contributed by atoms with Gasteiger partial charge in [0, 0.05) is 28.4 Å². The zero-order chi connectivity index (χ0) is 20.0. The van der Waals surface area contributed by atoms with Crippen LogP contribution in [0.2, 0.25) is 5.02 Å². The lowest BCUT2D eigenvalue weighted by atomic mass is 9.97. The van der Waals surface area contributed by atoms with Crippen molar-refractivity contribution in [1.82, 2.24) is 10.2 Å². The molecule has 0 aliphatic carbocycles. The summed E-state index contributed by atoms with van der Waals surface area (Å²) < 4.78 is 0. The molecule has 0 saturated heterocycles. The van der Waals surface area contributed by atoms with Gasteiger partial charge in [-0.25, -0.2) is 4.99 Å². The fraction of sp³-hybridized carbons (Fsp3) is 0. The van der Waals surface area contributed by atoms with Crippen LogP contribution in [0.1, 0.15) is 16.0 Å². The van der Waals surface area contributed by atoms with E-state index in [0.717, 1.165) is 4.88 Å². The second-order valence-corrected chi connectivity index (χ2v) is 7.68. The van der Waals surface area contributed by atoms with Crippen LogP contribution >= 0.6 is 22.9 Å². The predicted octanol–water partition coefficient (Wildman–Crippen LogP) is 5.45. The molecule has 5 rings (SSSR count). The Kier molecular flexibility index (Phi) is 4.15. The van der Waals surface area contributed by atoms with E-state index in [4.69, 9.17) is 16.6 Å². The first-order valence-corrected chi connectivity index (χ1v) is 9.88. The van der Waals surface area contributed by atoms with Crippen LogP contribution in [0.15, 0.2) is 65.2 Å². The van der Waals surface area contributed by atoms with Gasteiger partial charge >= 0.3 is 0 Å². The Morgan fingerprint density at radius 2 is 2.00 bits per heavy atom. The molecule has 0 spiro atoms. The second kappa shape index (κ2) is 6.84. The van der Waals surface area contributed by atoms with Crippen molar-refractivity contribution in [3.8, 4) is 0 Å². The number of nitrogens with zero attached hydrogens (tertiary/aromatic N) is 3. The Hall–Kier alpha value is -3.49. The number of H-pyrrole nitrogens is 1. The summed E-state index contributed by atoms with van der Waals surface area (Å²) in [6.07, 6.45) is 3.37. The van der Waals surface area contributed by atoms with Crippen molar-refractivity contribution in [2.75, 3.05) is 5.32 Å². The highest BCUT2D eigenvalue weighted by Crippen LogP contribution is 2.38. The maximum absolute atomic E-state index is 11.7. The van der Waals surface area contributed by atoms with E-state index in [0.29, 0.717) is 44.1 Å². The number of thiophene rings is 1. The average Bonchev–Trinajstić information content (AvgIpc) is 3.38. The fourth-order valence-corrected chi connectivity index (χ4v) is 4.26. The van der Waals surface area contributed by atoms with Gasteiger partial charge in [0.1, 0.15) is 5.52 Å². The lowest BCUT2D eigenvalue weighted by molar-refractivity contribution is -0.383. The van der Waals surface area contributed by atoms with Crippen LogP contribution in [0, 0.1) is 10.1 Å². The fourth-order valence-electron chi connectivity index (χ4n) is 3.35. The van der Waals surface area contributed by atoms with Crippen molar-refractivity contribution in [3.05, 3.63) is 91.4 Å². The Bertz CT molecular complexity index is 1320. The minimum absolute atomic E-state index is 0.0719. The van der Waals surface area contributed by atoms with Gasteiger partial charge in [0.05, 0.1) is 38.5 Å². The van der Waals surface area contributed by atoms with Crippen molar-refractivity contribution >= 4 is 56.6 Å². The van der Waals surface area contributed by atoms with Crippen LogP contribution in [0.5, 0.6) is 0 Å². The zero-order valence-corrected chi connectivity index (χ0v) is 16.3. The Morgan fingerprint density at radius 3 is 2.76 bits per heavy atom. The molecule has 9 heteroatoms. The van der Waals surface area contributed by atoms with Gasteiger partial charge in [-0.15, -0.1) is 11.3 Å². The molecule has 0 amide bonds. The maximum atomic E-state index is 11.7. The van der Waals surface area contributed by atoms with Crippen LogP contribution < -0.4 is 5.32 Å². The summed E-state index contributed by atoms with van der Waals surface area (Å²) in [5.41, 5.74) is 3.52. The molecule has 0 radical (unpaired) electrons. The SMILES string of the molecule is O=[N+]([O-])c1cc2c(c3cn[nH]c13)NC=C(c1cccs1)N=C2c1ccccc1Cl. The molecule has 0 saturated carbocycles. The largest absolute Gasteiger partial charge is 0.359 e. The predicted molar refractivity (Wildman–Crippen MR) is 116 cm³/mol. The average molecular weight is 422 g/mol. The molecule has 0 bridgehead atoms. The molecule has 7 nitrogen and oxygen atoms in total. The van der Waals surface area contributed by atoms with Crippen LogP contribution in [-0.2, 0) is 0 Å². The number of rotatable bonds is 3. The van der Waals surface area contributed by atoms with E-state index in [1.165, 1.54) is 6.07 Å². The van der Waals surface area contributed by atoms with Crippen molar-refractivity contribution in [2.24, 2.45) is 4.99 Å². The molecule has 1 aliphatic heterocycles. The second-order valence-electron chi connectivity index (χ2n) is 6.33. The minimum Gasteiger partial charge on any atom is -0.359 e. The monoisotopic (exact) mass is 421 g/mol. The lowest BCUT2D eigenvalue weighted by Gasteiger charge is -2.12. The number of nitro groups is 1. The van der Waals surface area contributed by atoms with Crippen LogP contribution in [-0.4, -0.2) is 20.8 Å². The van der Waals surface area contributed by atoms with Crippen molar-refractivity contribution in [2.45, 2.75) is 0 Å². The maximum Gasteiger partial charge on any atom is 0.295 e. The van der Waals surface area contributed by atoms with Crippen LogP contribution in [0.3, 0.4) is 0 Å². The van der Waals surface area contributed by atoms with Crippen LogP contribution in [0.4, 0.5) is 11.4 Å². The minimum atomic E-state index is -0.427. The number of hydrogen-bond donors (Lipinski definition) is 2. The van der Waals surface area contributed by atoms with E-state index >= 15 is 0 Å². The van der Waals surface area contributed by atoms with Gasteiger partial charge in [-0.05, 0) is 17.5 Å². The number of anilines is 1. The van der Waals surface area contributed by atoms with E-state index in [9.17, 15) is 10.1 Å².